The summed E-state index contributed by atoms with van der Waals surface area (Å²) < 4.78 is 10.7. The van der Waals surface area contributed by atoms with Gasteiger partial charge in [0, 0.05) is 11.3 Å². The van der Waals surface area contributed by atoms with E-state index in [1.807, 2.05) is 39.0 Å². The van der Waals surface area contributed by atoms with E-state index in [0.29, 0.717) is 0 Å². The number of ether oxygens (including phenoxy) is 2. The van der Waals surface area contributed by atoms with Crippen LogP contribution in [0.5, 0.6) is 11.5 Å². The average Bonchev–Trinajstić information content (AvgIpc) is 2.92. The minimum Gasteiger partial charge on any atom is -0.454 e. The number of fused-ring (bicyclic) bond motifs is 1. The number of nitrogens with one attached hydrogen (secondary N) is 1. The molecular weight excluding hydrogens is 242 g/mol. The van der Waals surface area contributed by atoms with E-state index in [1.165, 1.54) is 0 Å². The van der Waals surface area contributed by atoms with Crippen molar-refractivity contribution < 1.29 is 9.47 Å². The number of H-pyrrole nitrogens is 1. The maximum atomic E-state index is 6.07. The monoisotopic (exact) mass is 259 g/mol. The molecule has 0 unspecified atom stereocenters. The zero-order valence-electron chi connectivity index (χ0n) is 11.3. The van der Waals surface area contributed by atoms with Crippen LogP contribution in [0.1, 0.15) is 25.4 Å². The fourth-order valence-electron chi connectivity index (χ4n) is 2.09. The highest BCUT2D eigenvalue weighted by Crippen LogP contribution is 2.36. The highest BCUT2D eigenvalue weighted by atomic mass is 16.7. The molecule has 0 saturated heterocycles. The number of aryl methyl sites for hydroxylation is 1. The molecule has 5 heteroatoms. The lowest BCUT2D eigenvalue weighted by molar-refractivity contribution is 0.174. The minimum absolute atomic E-state index is 0.277. The van der Waals surface area contributed by atoms with Crippen molar-refractivity contribution >= 4 is 0 Å². The summed E-state index contributed by atoms with van der Waals surface area (Å²) in [5, 5.41) is 0. The van der Waals surface area contributed by atoms with Gasteiger partial charge in [-0.2, -0.15) is 0 Å². The molecule has 100 valence electrons. The van der Waals surface area contributed by atoms with Crippen LogP contribution in [0.25, 0.3) is 11.3 Å². The van der Waals surface area contributed by atoms with Gasteiger partial charge in [-0.1, -0.05) is 0 Å². The van der Waals surface area contributed by atoms with E-state index in [1.54, 1.807) is 0 Å². The van der Waals surface area contributed by atoms with Gasteiger partial charge in [-0.05, 0) is 39.0 Å². The molecule has 5 nitrogen and oxygen atoms in total. The normalized spacial score (nSPS) is 13.9. The Bertz CT molecular complexity index is 626. The van der Waals surface area contributed by atoms with Gasteiger partial charge in [-0.25, -0.2) is 4.98 Å². The maximum Gasteiger partial charge on any atom is 0.231 e. The average molecular weight is 259 g/mol. The number of benzene rings is 1. The zero-order chi connectivity index (χ0) is 13.6. The van der Waals surface area contributed by atoms with Crippen molar-refractivity contribution in [1.82, 2.24) is 9.97 Å². The summed E-state index contributed by atoms with van der Waals surface area (Å²) in [7, 11) is 0. The number of nitrogens with zero attached hydrogens (tertiary/aromatic N) is 1. The molecule has 1 aliphatic heterocycles. The summed E-state index contributed by atoms with van der Waals surface area (Å²) in [6, 6.07) is 5.82. The third-order valence-corrected chi connectivity index (χ3v) is 3.14. The second-order valence-corrected chi connectivity index (χ2v) is 5.35. The van der Waals surface area contributed by atoms with Crippen LogP contribution in [0.2, 0.25) is 0 Å². The van der Waals surface area contributed by atoms with Crippen LogP contribution in [0.3, 0.4) is 0 Å². The Kier molecular flexibility index (Phi) is 2.53. The van der Waals surface area contributed by atoms with Crippen LogP contribution in [-0.2, 0) is 5.54 Å². The van der Waals surface area contributed by atoms with Crippen LogP contribution in [-0.4, -0.2) is 16.8 Å². The van der Waals surface area contributed by atoms with E-state index >= 15 is 0 Å². The number of nitrogens with two attached hydrogens (primary N) is 1. The van der Waals surface area contributed by atoms with Crippen LogP contribution in [0.15, 0.2) is 18.2 Å². The minimum atomic E-state index is -0.487. The fourth-order valence-corrected chi connectivity index (χ4v) is 2.09. The molecule has 0 fully saturated rings. The molecular formula is C14H17N3O2. The van der Waals surface area contributed by atoms with Gasteiger partial charge < -0.3 is 20.2 Å². The Morgan fingerprint density at radius 2 is 2.00 bits per heavy atom. The molecule has 1 aromatic heterocycles. The third-order valence-electron chi connectivity index (χ3n) is 3.14. The summed E-state index contributed by atoms with van der Waals surface area (Å²) in [6.07, 6.45) is 0. The summed E-state index contributed by atoms with van der Waals surface area (Å²) in [4.78, 5) is 7.84. The van der Waals surface area contributed by atoms with E-state index in [4.69, 9.17) is 15.2 Å². The van der Waals surface area contributed by atoms with Gasteiger partial charge in [0.1, 0.15) is 5.82 Å². The van der Waals surface area contributed by atoms with E-state index in [9.17, 15) is 0 Å². The first kappa shape index (κ1) is 12.0. The Balaban J connectivity index is 2.05. The number of hydrogen-bond acceptors (Lipinski definition) is 4. The van der Waals surface area contributed by atoms with Gasteiger partial charge >= 0.3 is 0 Å². The molecule has 0 radical (unpaired) electrons. The predicted octanol–water partition coefficient (Wildman–Crippen LogP) is 2.31. The highest BCUT2D eigenvalue weighted by molar-refractivity contribution is 5.66. The van der Waals surface area contributed by atoms with Crippen LogP contribution < -0.4 is 15.2 Å². The zero-order valence-corrected chi connectivity index (χ0v) is 11.3. The number of hydrogen-bond donors (Lipinski definition) is 2. The first-order valence-corrected chi connectivity index (χ1v) is 6.21. The summed E-state index contributed by atoms with van der Waals surface area (Å²) in [5.74, 6) is 2.31. The van der Waals surface area contributed by atoms with Gasteiger partial charge in [0.2, 0.25) is 6.79 Å². The van der Waals surface area contributed by atoms with Crippen LogP contribution in [0, 0.1) is 6.92 Å². The molecule has 0 atom stereocenters. The van der Waals surface area contributed by atoms with Crippen LogP contribution in [0.4, 0.5) is 0 Å². The Hall–Kier alpha value is -2.01. The highest BCUT2D eigenvalue weighted by Gasteiger charge is 2.22. The molecule has 0 spiro atoms. The van der Waals surface area contributed by atoms with E-state index in [-0.39, 0.29) is 6.79 Å². The Morgan fingerprint density at radius 3 is 2.68 bits per heavy atom. The van der Waals surface area contributed by atoms with E-state index in [0.717, 1.165) is 34.3 Å². The topological polar surface area (TPSA) is 73.2 Å². The van der Waals surface area contributed by atoms with Crippen molar-refractivity contribution in [3.05, 3.63) is 29.7 Å². The summed E-state index contributed by atoms with van der Waals surface area (Å²) >= 11 is 0. The SMILES string of the molecule is Cc1[nH]c(C(C)(C)N)nc1-c1ccc2c(c1)OCO2. The van der Waals surface area contributed by atoms with Crippen molar-refractivity contribution in [2.45, 2.75) is 26.3 Å². The maximum absolute atomic E-state index is 6.07. The second kappa shape index (κ2) is 3.99. The van der Waals surface area contributed by atoms with E-state index < -0.39 is 5.54 Å². The molecule has 19 heavy (non-hydrogen) atoms. The largest absolute Gasteiger partial charge is 0.454 e. The molecule has 3 N–H and O–H groups in total. The van der Waals surface area contributed by atoms with Crippen molar-refractivity contribution in [3.63, 3.8) is 0 Å². The molecule has 2 aromatic rings. The molecule has 1 aromatic carbocycles. The number of imidazole rings is 1. The number of aromatic nitrogens is 2. The molecule has 0 bridgehead atoms. The molecule has 3 rings (SSSR count). The Morgan fingerprint density at radius 1 is 1.26 bits per heavy atom. The molecule has 0 amide bonds. The van der Waals surface area contributed by atoms with E-state index in [2.05, 4.69) is 9.97 Å². The fraction of sp³-hybridized carbons (Fsp3) is 0.357. The first-order chi connectivity index (χ1) is 8.95. The van der Waals surface area contributed by atoms with Crippen molar-refractivity contribution in [2.75, 3.05) is 6.79 Å². The summed E-state index contributed by atoms with van der Waals surface area (Å²) in [5.41, 5.74) is 8.46. The first-order valence-electron chi connectivity index (χ1n) is 6.21. The van der Waals surface area contributed by atoms with Gasteiger partial charge in [-0.15, -0.1) is 0 Å². The van der Waals surface area contributed by atoms with Gasteiger partial charge in [0.05, 0.1) is 11.2 Å². The standard InChI is InChI=1S/C14H17N3O2/c1-8-12(17-13(16-8)14(2,3)15)9-4-5-10-11(6-9)19-7-18-10/h4-6H,7,15H2,1-3H3,(H,16,17). The number of rotatable bonds is 2. The molecule has 0 aliphatic carbocycles. The predicted molar refractivity (Wildman–Crippen MR) is 72.1 cm³/mol. The van der Waals surface area contributed by atoms with Gasteiger partial charge in [0.25, 0.3) is 0 Å². The lowest BCUT2D eigenvalue weighted by atomic mass is 10.1. The second-order valence-electron chi connectivity index (χ2n) is 5.35. The molecule has 0 saturated carbocycles. The van der Waals surface area contributed by atoms with Crippen molar-refractivity contribution in [1.29, 1.82) is 0 Å². The van der Waals surface area contributed by atoms with Gasteiger partial charge in [-0.3, -0.25) is 0 Å². The number of aromatic amines is 1. The van der Waals surface area contributed by atoms with Gasteiger partial charge in [0.15, 0.2) is 11.5 Å². The third kappa shape index (κ3) is 2.06. The van der Waals surface area contributed by atoms with Crippen LogP contribution >= 0.6 is 0 Å². The lowest BCUT2D eigenvalue weighted by Crippen LogP contribution is -2.30. The van der Waals surface area contributed by atoms with Crippen molar-refractivity contribution in [2.24, 2.45) is 5.73 Å². The van der Waals surface area contributed by atoms with Crippen molar-refractivity contribution in [3.8, 4) is 22.8 Å². The Labute approximate surface area is 111 Å². The lowest BCUT2D eigenvalue weighted by Gasteiger charge is -2.14. The smallest absolute Gasteiger partial charge is 0.231 e. The quantitative estimate of drug-likeness (QED) is 0.868. The summed E-state index contributed by atoms with van der Waals surface area (Å²) in [6.45, 7) is 6.12. The molecule has 2 heterocycles. The molecule has 1 aliphatic rings.